The summed E-state index contributed by atoms with van der Waals surface area (Å²) in [5.74, 6) is 2.77. The van der Waals surface area contributed by atoms with Gasteiger partial charge in [0, 0.05) is 24.6 Å². The van der Waals surface area contributed by atoms with Crippen molar-refractivity contribution in [3.8, 4) is 11.8 Å². The molecule has 7 nitrogen and oxygen atoms in total. The quantitative estimate of drug-likeness (QED) is 0.629. The number of imidazole rings is 1. The van der Waals surface area contributed by atoms with Gasteiger partial charge in [-0.05, 0) is 55.7 Å². The summed E-state index contributed by atoms with van der Waals surface area (Å²) in [4.78, 5) is 28.1. The van der Waals surface area contributed by atoms with Crippen molar-refractivity contribution in [3.63, 3.8) is 0 Å². The van der Waals surface area contributed by atoms with Gasteiger partial charge in [0.15, 0.2) is 0 Å². The normalized spacial score (nSPS) is 26.8. The number of carbonyl (C=O) groups excluding carboxylic acids is 1. The number of benzene rings is 1. The van der Waals surface area contributed by atoms with E-state index in [4.69, 9.17) is 16.7 Å². The van der Waals surface area contributed by atoms with Gasteiger partial charge in [0.1, 0.15) is 17.1 Å². The average Bonchev–Trinajstić information content (AvgIpc) is 3.34. The van der Waals surface area contributed by atoms with Crippen molar-refractivity contribution in [2.45, 2.75) is 37.2 Å². The molecule has 2 aliphatic carbocycles. The number of fused-ring (bicyclic) bond motifs is 1. The molecule has 0 aliphatic heterocycles. The van der Waals surface area contributed by atoms with E-state index < -0.39 is 17.4 Å². The maximum atomic E-state index is 13.4. The molecule has 0 bridgehead atoms. The first kappa shape index (κ1) is 21.3. The van der Waals surface area contributed by atoms with Crippen LogP contribution in [0.15, 0.2) is 24.5 Å². The number of hydrogen-bond acceptors (Lipinski definition) is 4. The smallest absolute Gasteiger partial charge is 0.382 e. The zero-order chi connectivity index (χ0) is 22.3. The molecule has 9 heteroatoms. The Morgan fingerprint density at radius 3 is 2.61 bits per heavy atom. The minimum atomic E-state index is -1.27. The van der Waals surface area contributed by atoms with E-state index in [2.05, 4.69) is 16.2 Å². The molecule has 2 fully saturated rings. The van der Waals surface area contributed by atoms with Crippen LogP contribution in [-0.4, -0.2) is 37.2 Å². The summed E-state index contributed by atoms with van der Waals surface area (Å²) in [6.07, 6.45) is 3.89. The van der Waals surface area contributed by atoms with Crippen molar-refractivity contribution >= 4 is 29.2 Å². The van der Waals surface area contributed by atoms with Gasteiger partial charge in [0.05, 0.1) is 17.0 Å². The highest BCUT2D eigenvalue weighted by Crippen LogP contribution is 2.53. The lowest BCUT2D eigenvalue weighted by atomic mass is 9.92. The Labute approximate surface area is 183 Å². The van der Waals surface area contributed by atoms with Crippen molar-refractivity contribution in [1.29, 1.82) is 0 Å². The second-order valence-electron chi connectivity index (χ2n) is 8.36. The molecule has 1 amide bonds. The maximum Gasteiger partial charge on any atom is 0.382 e. The molecule has 2 atom stereocenters. The largest absolute Gasteiger partial charge is 0.472 e. The number of aliphatic hydroxyl groups is 1. The predicted octanol–water partition coefficient (Wildman–Crippen LogP) is 3.19. The number of carboxylic acids is 1. The Bertz CT molecular complexity index is 1110. The lowest BCUT2D eigenvalue weighted by molar-refractivity contribution is -0.130. The molecule has 2 aliphatic rings. The second kappa shape index (κ2) is 7.98. The number of hydrogen-bond donors (Lipinski definition) is 3. The van der Waals surface area contributed by atoms with Gasteiger partial charge in [-0.25, -0.2) is 14.2 Å². The fourth-order valence-corrected chi connectivity index (χ4v) is 5.13. The standard InChI is InChI=1S/C22H21ClFN3O4/c1-27-11-25-19(20(27)21(30)26-15-2-3-17(24)16(23)8-15)12-6-13-9-22(31,5-4-18(28)29)10-14(13)7-12/h2-3,8,11-14,31H,6-7,9-10H2,1H3,(H,26,30)(H,28,29). The van der Waals surface area contributed by atoms with E-state index in [0.717, 1.165) is 12.8 Å². The van der Waals surface area contributed by atoms with Crippen molar-refractivity contribution in [2.24, 2.45) is 18.9 Å². The van der Waals surface area contributed by atoms with Gasteiger partial charge in [0.2, 0.25) is 0 Å². The van der Waals surface area contributed by atoms with Gasteiger partial charge in [0.25, 0.3) is 5.91 Å². The van der Waals surface area contributed by atoms with E-state index >= 15 is 0 Å². The molecule has 3 N–H and O–H groups in total. The third kappa shape index (κ3) is 4.29. The Morgan fingerprint density at radius 1 is 1.32 bits per heavy atom. The zero-order valence-corrected chi connectivity index (χ0v) is 17.5. The molecule has 0 saturated heterocycles. The molecule has 1 heterocycles. The number of aryl methyl sites for hydroxylation is 1. The number of aromatic nitrogens is 2. The first-order valence-corrected chi connectivity index (χ1v) is 10.3. The summed E-state index contributed by atoms with van der Waals surface area (Å²) in [6.45, 7) is 0. The molecular weight excluding hydrogens is 425 g/mol. The van der Waals surface area contributed by atoms with Crippen molar-refractivity contribution in [1.82, 2.24) is 9.55 Å². The lowest BCUT2D eigenvalue weighted by Crippen LogP contribution is -2.24. The Balaban J connectivity index is 1.49. The number of amides is 1. The number of carboxylic acid groups (broad SMARTS) is 1. The third-order valence-electron chi connectivity index (χ3n) is 6.19. The average molecular weight is 446 g/mol. The highest BCUT2D eigenvalue weighted by molar-refractivity contribution is 6.31. The number of nitrogens with zero attached hydrogens (tertiary/aromatic N) is 2. The van der Waals surface area contributed by atoms with Crippen LogP contribution in [0.3, 0.4) is 0 Å². The van der Waals surface area contributed by atoms with E-state index in [1.54, 1.807) is 17.9 Å². The van der Waals surface area contributed by atoms with E-state index in [9.17, 15) is 19.1 Å². The predicted molar refractivity (Wildman–Crippen MR) is 111 cm³/mol. The monoisotopic (exact) mass is 445 g/mol. The van der Waals surface area contributed by atoms with E-state index in [1.165, 1.54) is 18.2 Å². The Hall–Kier alpha value is -2.89. The number of rotatable bonds is 3. The number of aliphatic carboxylic acids is 1. The molecule has 31 heavy (non-hydrogen) atoms. The zero-order valence-electron chi connectivity index (χ0n) is 16.7. The van der Waals surface area contributed by atoms with Gasteiger partial charge < -0.3 is 20.1 Å². The molecule has 0 spiro atoms. The maximum absolute atomic E-state index is 13.4. The lowest BCUT2D eigenvalue weighted by Gasteiger charge is -2.18. The summed E-state index contributed by atoms with van der Waals surface area (Å²) >= 11 is 5.80. The number of halogens is 2. The molecule has 2 saturated carbocycles. The van der Waals surface area contributed by atoms with Gasteiger partial charge in [-0.2, -0.15) is 0 Å². The van der Waals surface area contributed by atoms with Gasteiger partial charge >= 0.3 is 5.97 Å². The van der Waals surface area contributed by atoms with Gasteiger partial charge in [-0.1, -0.05) is 17.5 Å². The Kier molecular flexibility index (Phi) is 5.50. The minimum absolute atomic E-state index is 0.0470. The van der Waals surface area contributed by atoms with Crippen LogP contribution in [-0.2, 0) is 11.8 Å². The topological polar surface area (TPSA) is 104 Å². The second-order valence-corrected chi connectivity index (χ2v) is 8.76. The molecule has 162 valence electrons. The van der Waals surface area contributed by atoms with Crippen LogP contribution in [0.4, 0.5) is 10.1 Å². The summed E-state index contributed by atoms with van der Waals surface area (Å²) < 4.78 is 15.0. The summed E-state index contributed by atoms with van der Waals surface area (Å²) in [5, 5.41) is 22.0. The fourth-order valence-electron chi connectivity index (χ4n) is 4.95. The summed E-state index contributed by atoms with van der Waals surface area (Å²) in [5.41, 5.74) is 0.216. The fraction of sp³-hybridized carbons (Fsp3) is 0.409. The number of anilines is 1. The first-order chi connectivity index (χ1) is 14.6. The van der Waals surface area contributed by atoms with Crippen molar-refractivity contribution in [2.75, 3.05) is 5.32 Å². The highest BCUT2D eigenvalue weighted by atomic mass is 35.5. The first-order valence-electron chi connectivity index (χ1n) is 9.91. The van der Waals surface area contributed by atoms with Crippen molar-refractivity contribution < 1.29 is 24.2 Å². The van der Waals surface area contributed by atoms with Gasteiger partial charge in [-0.3, -0.25) is 4.79 Å². The van der Waals surface area contributed by atoms with Crippen LogP contribution in [0.2, 0.25) is 5.02 Å². The molecule has 2 aromatic rings. The van der Waals surface area contributed by atoms with Crippen LogP contribution >= 0.6 is 11.6 Å². The van der Waals surface area contributed by atoms with E-state index in [-0.39, 0.29) is 28.7 Å². The molecule has 4 rings (SSSR count). The van der Waals surface area contributed by atoms with Crippen LogP contribution in [0.5, 0.6) is 0 Å². The molecule has 2 unspecified atom stereocenters. The molecular formula is C22H21ClFN3O4. The van der Waals surface area contributed by atoms with Crippen LogP contribution < -0.4 is 5.32 Å². The summed E-state index contributed by atoms with van der Waals surface area (Å²) in [6, 6.07) is 3.98. The Morgan fingerprint density at radius 2 is 2.00 bits per heavy atom. The number of carbonyl (C=O) groups is 2. The van der Waals surface area contributed by atoms with Crippen LogP contribution in [0, 0.1) is 29.5 Å². The van der Waals surface area contributed by atoms with Crippen molar-refractivity contribution in [3.05, 3.63) is 46.8 Å². The van der Waals surface area contributed by atoms with Crippen LogP contribution in [0.1, 0.15) is 47.8 Å². The van der Waals surface area contributed by atoms with E-state index in [1.807, 2.05) is 5.92 Å². The molecule has 1 aromatic heterocycles. The molecule has 1 aromatic carbocycles. The highest BCUT2D eigenvalue weighted by Gasteiger charge is 2.49. The van der Waals surface area contributed by atoms with E-state index in [0.29, 0.717) is 29.9 Å². The van der Waals surface area contributed by atoms with Gasteiger partial charge in [-0.15, -0.1) is 0 Å². The van der Waals surface area contributed by atoms with Crippen LogP contribution in [0.25, 0.3) is 0 Å². The number of nitrogens with one attached hydrogen (secondary N) is 1. The molecule has 0 radical (unpaired) electrons. The minimum Gasteiger partial charge on any atom is -0.472 e. The SMILES string of the molecule is Cn1cnc(C2CC3CC(O)(C#CC(=O)O)CC3C2)c1C(=O)Nc1ccc(F)c(Cl)c1. The third-order valence-corrected chi connectivity index (χ3v) is 6.48. The summed E-state index contributed by atoms with van der Waals surface area (Å²) in [7, 11) is 1.74.